The van der Waals surface area contributed by atoms with Crippen LogP contribution in [0.1, 0.15) is 25.5 Å². The molecule has 0 radical (unpaired) electrons. The number of nitrogens with one attached hydrogen (secondary N) is 1. The number of hydrogen-bond acceptors (Lipinski definition) is 4. The lowest BCUT2D eigenvalue weighted by Gasteiger charge is -2.16. The molecule has 0 bridgehead atoms. The van der Waals surface area contributed by atoms with Gasteiger partial charge in [0.05, 0.1) is 11.9 Å². The normalized spacial score (nSPS) is 12.2. The van der Waals surface area contributed by atoms with Crippen LogP contribution in [-0.4, -0.2) is 14.8 Å². The Morgan fingerprint density at radius 1 is 1.42 bits per heavy atom. The van der Waals surface area contributed by atoms with Crippen molar-refractivity contribution in [2.75, 3.05) is 5.32 Å². The average Bonchev–Trinajstić information content (AvgIpc) is 2.45. The first-order valence-electron chi connectivity index (χ1n) is 6.05. The van der Waals surface area contributed by atoms with Crippen LogP contribution in [0.4, 0.5) is 5.69 Å². The van der Waals surface area contributed by atoms with Crippen molar-refractivity contribution in [1.82, 2.24) is 14.8 Å². The highest BCUT2D eigenvalue weighted by atomic mass is 79.9. The Kier molecular flexibility index (Phi) is 4.31. The van der Waals surface area contributed by atoms with Crippen LogP contribution in [0, 0.1) is 0 Å². The fraction of sp³-hybridized carbons (Fsp3) is 0.308. The molecule has 2 rings (SSSR count). The summed E-state index contributed by atoms with van der Waals surface area (Å²) in [5, 5.41) is 7.37. The standard InChI is InChI=1S/C13H15BrN4O/c1-3-18-13(19)12(14)11(8-16-18)17-9(2)10-4-6-15-7-5-10/h4-9,17H,3H2,1-2H3. The third-order valence-electron chi connectivity index (χ3n) is 2.86. The number of pyridine rings is 1. The number of aryl methyl sites for hydroxylation is 1. The molecule has 1 atom stereocenters. The molecule has 0 aliphatic heterocycles. The first-order chi connectivity index (χ1) is 9.13. The Labute approximate surface area is 119 Å². The van der Waals surface area contributed by atoms with Gasteiger partial charge in [-0.3, -0.25) is 9.78 Å². The Bertz CT molecular complexity index is 612. The van der Waals surface area contributed by atoms with E-state index in [1.54, 1.807) is 18.6 Å². The SMILES string of the molecule is CCn1ncc(NC(C)c2ccncc2)c(Br)c1=O. The first-order valence-corrected chi connectivity index (χ1v) is 6.85. The molecule has 100 valence electrons. The summed E-state index contributed by atoms with van der Waals surface area (Å²) in [6, 6.07) is 3.94. The minimum atomic E-state index is -0.130. The van der Waals surface area contributed by atoms with E-state index in [0.29, 0.717) is 16.7 Å². The molecule has 1 N–H and O–H groups in total. The monoisotopic (exact) mass is 322 g/mol. The fourth-order valence-electron chi connectivity index (χ4n) is 1.76. The van der Waals surface area contributed by atoms with Crippen molar-refractivity contribution in [3.05, 3.63) is 51.1 Å². The van der Waals surface area contributed by atoms with E-state index in [9.17, 15) is 4.79 Å². The number of nitrogens with zero attached hydrogens (tertiary/aromatic N) is 3. The van der Waals surface area contributed by atoms with Gasteiger partial charge in [-0.15, -0.1) is 0 Å². The van der Waals surface area contributed by atoms with E-state index in [2.05, 4.69) is 31.3 Å². The van der Waals surface area contributed by atoms with E-state index >= 15 is 0 Å². The highest BCUT2D eigenvalue weighted by Crippen LogP contribution is 2.22. The van der Waals surface area contributed by atoms with Crippen molar-refractivity contribution >= 4 is 21.6 Å². The summed E-state index contributed by atoms with van der Waals surface area (Å²) < 4.78 is 1.91. The Morgan fingerprint density at radius 3 is 2.74 bits per heavy atom. The fourth-order valence-corrected chi connectivity index (χ4v) is 2.18. The Morgan fingerprint density at radius 2 is 2.11 bits per heavy atom. The number of aromatic nitrogens is 3. The number of hydrogen-bond donors (Lipinski definition) is 1. The predicted molar refractivity (Wildman–Crippen MR) is 78.1 cm³/mol. The largest absolute Gasteiger partial charge is 0.376 e. The molecule has 19 heavy (non-hydrogen) atoms. The van der Waals surface area contributed by atoms with Crippen molar-refractivity contribution in [3.63, 3.8) is 0 Å². The molecule has 2 aromatic heterocycles. The van der Waals surface area contributed by atoms with Gasteiger partial charge >= 0.3 is 0 Å². The van der Waals surface area contributed by atoms with Crippen molar-refractivity contribution in [2.24, 2.45) is 0 Å². The van der Waals surface area contributed by atoms with Crippen LogP contribution in [0.25, 0.3) is 0 Å². The minimum absolute atomic E-state index is 0.0676. The molecule has 0 aliphatic carbocycles. The van der Waals surface area contributed by atoms with Gasteiger partial charge in [0.15, 0.2) is 0 Å². The van der Waals surface area contributed by atoms with Gasteiger partial charge in [0.2, 0.25) is 0 Å². The molecular formula is C13H15BrN4O. The van der Waals surface area contributed by atoms with Crippen LogP contribution in [0.15, 0.2) is 40.0 Å². The van der Waals surface area contributed by atoms with Crippen LogP contribution in [0.3, 0.4) is 0 Å². The summed E-state index contributed by atoms with van der Waals surface area (Å²) >= 11 is 3.32. The van der Waals surface area contributed by atoms with Crippen molar-refractivity contribution in [3.8, 4) is 0 Å². The molecule has 2 aromatic rings. The minimum Gasteiger partial charge on any atom is -0.376 e. The first kappa shape index (κ1) is 13.7. The van der Waals surface area contributed by atoms with Gasteiger partial charge in [-0.25, -0.2) is 4.68 Å². The van der Waals surface area contributed by atoms with Crippen LogP contribution in [0.5, 0.6) is 0 Å². The molecule has 2 heterocycles. The molecule has 0 saturated carbocycles. The van der Waals surface area contributed by atoms with Gasteiger partial charge in [0, 0.05) is 25.0 Å². The zero-order valence-corrected chi connectivity index (χ0v) is 12.4. The molecule has 6 heteroatoms. The molecule has 0 saturated heterocycles. The zero-order valence-electron chi connectivity index (χ0n) is 10.8. The maximum atomic E-state index is 11.9. The molecule has 0 aromatic carbocycles. The van der Waals surface area contributed by atoms with Crippen LogP contribution >= 0.6 is 15.9 Å². The summed E-state index contributed by atoms with van der Waals surface area (Å²) in [5.74, 6) is 0. The van der Waals surface area contributed by atoms with Crippen molar-refractivity contribution in [1.29, 1.82) is 0 Å². The summed E-state index contributed by atoms with van der Waals surface area (Å²) in [4.78, 5) is 15.9. The summed E-state index contributed by atoms with van der Waals surface area (Å²) in [5.41, 5.74) is 1.66. The quantitative estimate of drug-likeness (QED) is 0.939. The van der Waals surface area contributed by atoms with Crippen molar-refractivity contribution in [2.45, 2.75) is 26.4 Å². The van der Waals surface area contributed by atoms with E-state index in [-0.39, 0.29) is 11.6 Å². The maximum Gasteiger partial charge on any atom is 0.283 e. The van der Waals surface area contributed by atoms with Crippen LogP contribution < -0.4 is 10.9 Å². The molecule has 0 fully saturated rings. The molecule has 0 aliphatic rings. The van der Waals surface area contributed by atoms with E-state index in [4.69, 9.17) is 0 Å². The van der Waals surface area contributed by atoms with Gasteiger partial charge in [-0.05, 0) is 47.5 Å². The summed E-state index contributed by atoms with van der Waals surface area (Å²) in [6.07, 6.45) is 5.15. The second-order valence-corrected chi connectivity index (χ2v) is 4.93. The number of halogens is 1. The van der Waals surface area contributed by atoms with Gasteiger partial charge in [-0.2, -0.15) is 5.10 Å². The summed E-state index contributed by atoms with van der Waals surface area (Å²) in [7, 11) is 0. The van der Waals surface area contributed by atoms with E-state index < -0.39 is 0 Å². The average molecular weight is 323 g/mol. The topological polar surface area (TPSA) is 59.8 Å². The highest BCUT2D eigenvalue weighted by molar-refractivity contribution is 9.10. The van der Waals surface area contributed by atoms with Crippen molar-refractivity contribution < 1.29 is 0 Å². The smallest absolute Gasteiger partial charge is 0.283 e. The Hall–Kier alpha value is -1.69. The van der Waals surface area contributed by atoms with Crippen LogP contribution in [0.2, 0.25) is 0 Å². The third-order valence-corrected chi connectivity index (χ3v) is 3.63. The molecule has 5 nitrogen and oxygen atoms in total. The highest BCUT2D eigenvalue weighted by Gasteiger charge is 2.11. The Balaban J connectivity index is 2.25. The third kappa shape index (κ3) is 3.01. The predicted octanol–water partition coefficient (Wildman–Crippen LogP) is 2.59. The van der Waals surface area contributed by atoms with E-state index in [0.717, 1.165) is 5.56 Å². The maximum absolute atomic E-state index is 11.9. The lowest BCUT2D eigenvalue weighted by atomic mass is 10.1. The molecular weight excluding hydrogens is 308 g/mol. The van der Waals surface area contributed by atoms with Crippen LogP contribution in [-0.2, 0) is 6.54 Å². The van der Waals surface area contributed by atoms with Gasteiger partial charge < -0.3 is 5.32 Å². The molecule has 0 amide bonds. The number of anilines is 1. The molecule has 0 spiro atoms. The number of rotatable bonds is 4. The lowest BCUT2D eigenvalue weighted by molar-refractivity contribution is 0.612. The van der Waals surface area contributed by atoms with E-state index in [1.807, 2.05) is 26.0 Å². The second kappa shape index (κ2) is 5.97. The van der Waals surface area contributed by atoms with Gasteiger partial charge in [0.25, 0.3) is 5.56 Å². The van der Waals surface area contributed by atoms with E-state index in [1.165, 1.54) is 4.68 Å². The lowest BCUT2D eigenvalue weighted by Crippen LogP contribution is -2.24. The zero-order chi connectivity index (χ0) is 13.8. The van der Waals surface area contributed by atoms with Gasteiger partial charge in [0.1, 0.15) is 4.47 Å². The summed E-state index contributed by atoms with van der Waals surface area (Å²) in [6.45, 7) is 4.46. The molecule has 1 unspecified atom stereocenters. The second-order valence-electron chi connectivity index (χ2n) is 4.14. The van der Waals surface area contributed by atoms with Gasteiger partial charge in [-0.1, -0.05) is 0 Å².